The summed E-state index contributed by atoms with van der Waals surface area (Å²) in [6.07, 6.45) is 1.14. The summed E-state index contributed by atoms with van der Waals surface area (Å²) in [5, 5.41) is 4.31. The SMILES string of the molecule is CS(=O)(=O)c1ccc2nc(NC(=O)c3cc4cc(Cl)ccc4o3)sc2c1. The van der Waals surface area contributed by atoms with E-state index in [4.69, 9.17) is 16.0 Å². The number of aromatic nitrogens is 1. The lowest BCUT2D eigenvalue weighted by molar-refractivity contribution is 0.0998. The maximum absolute atomic E-state index is 12.4. The molecule has 0 saturated heterocycles. The zero-order valence-corrected chi connectivity index (χ0v) is 15.7. The summed E-state index contributed by atoms with van der Waals surface area (Å²) in [6, 6.07) is 11.3. The van der Waals surface area contributed by atoms with E-state index >= 15 is 0 Å². The van der Waals surface area contributed by atoms with E-state index in [1.165, 1.54) is 17.4 Å². The monoisotopic (exact) mass is 406 g/mol. The van der Waals surface area contributed by atoms with E-state index in [0.717, 1.165) is 11.6 Å². The van der Waals surface area contributed by atoms with Gasteiger partial charge >= 0.3 is 0 Å². The molecule has 2 heterocycles. The number of nitrogens with one attached hydrogen (secondary N) is 1. The van der Waals surface area contributed by atoms with Gasteiger partial charge in [0.15, 0.2) is 20.7 Å². The van der Waals surface area contributed by atoms with E-state index < -0.39 is 15.7 Å². The predicted octanol–water partition coefficient (Wildman–Crippen LogP) is 4.35. The number of furan rings is 1. The van der Waals surface area contributed by atoms with Crippen LogP contribution in [0.25, 0.3) is 21.2 Å². The summed E-state index contributed by atoms with van der Waals surface area (Å²) >= 11 is 7.12. The van der Waals surface area contributed by atoms with Crippen LogP contribution in [0.4, 0.5) is 5.13 Å². The largest absolute Gasteiger partial charge is 0.451 e. The minimum Gasteiger partial charge on any atom is -0.451 e. The first kappa shape index (κ1) is 17.0. The minimum atomic E-state index is -3.30. The van der Waals surface area contributed by atoms with Crippen molar-refractivity contribution in [1.82, 2.24) is 4.98 Å². The second-order valence-electron chi connectivity index (χ2n) is 5.67. The average molecular weight is 407 g/mol. The first-order valence-corrected chi connectivity index (χ1v) is 10.5. The molecule has 0 unspecified atom stereocenters. The molecule has 0 bridgehead atoms. The Balaban J connectivity index is 1.64. The highest BCUT2D eigenvalue weighted by Crippen LogP contribution is 2.29. The van der Waals surface area contributed by atoms with E-state index in [1.807, 2.05) is 0 Å². The van der Waals surface area contributed by atoms with Crippen molar-refractivity contribution in [2.45, 2.75) is 4.90 Å². The Kier molecular flexibility index (Phi) is 3.98. The summed E-state index contributed by atoms with van der Waals surface area (Å²) in [5.41, 5.74) is 1.16. The molecule has 26 heavy (non-hydrogen) atoms. The lowest BCUT2D eigenvalue weighted by Crippen LogP contribution is -2.10. The van der Waals surface area contributed by atoms with Crippen LogP contribution in [0.5, 0.6) is 0 Å². The van der Waals surface area contributed by atoms with Crippen molar-refractivity contribution >= 4 is 65.0 Å². The Labute approximate surface area is 157 Å². The van der Waals surface area contributed by atoms with Crippen molar-refractivity contribution < 1.29 is 17.6 Å². The van der Waals surface area contributed by atoms with Gasteiger partial charge in [-0.2, -0.15) is 0 Å². The molecule has 2 aromatic heterocycles. The maximum Gasteiger partial charge on any atom is 0.293 e. The smallest absolute Gasteiger partial charge is 0.293 e. The molecule has 0 aliphatic heterocycles. The number of benzene rings is 2. The fourth-order valence-electron chi connectivity index (χ4n) is 2.47. The standard InChI is InChI=1S/C17H11ClN2O4S2/c1-26(22,23)11-3-4-12-15(8-11)25-17(19-12)20-16(21)14-7-9-6-10(18)2-5-13(9)24-14/h2-8H,1H3,(H,19,20,21). The fraction of sp³-hybridized carbons (Fsp3) is 0.0588. The van der Waals surface area contributed by atoms with Crippen LogP contribution in [-0.2, 0) is 9.84 Å². The highest BCUT2D eigenvalue weighted by Gasteiger charge is 2.16. The summed E-state index contributed by atoms with van der Waals surface area (Å²) in [5.74, 6) is -0.307. The second kappa shape index (κ2) is 6.08. The number of hydrogen-bond acceptors (Lipinski definition) is 6. The zero-order chi connectivity index (χ0) is 18.5. The number of fused-ring (bicyclic) bond motifs is 2. The number of carbonyl (C=O) groups is 1. The topological polar surface area (TPSA) is 89.3 Å². The molecule has 0 radical (unpaired) electrons. The lowest BCUT2D eigenvalue weighted by Gasteiger charge is -1.96. The fourth-order valence-corrected chi connectivity index (χ4v) is 4.28. The van der Waals surface area contributed by atoms with Gasteiger partial charge in [-0.3, -0.25) is 10.1 Å². The van der Waals surface area contributed by atoms with Crippen LogP contribution in [0.1, 0.15) is 10.6 Å². The van der Waals surface area contributed by atoms with Gasteiger partial charge in [0.25, 0.3) is 5.91 Å². The van der Waals surface area contributed by atoms with E-state index in [0.29, 0.717) is 26.0 Å². The van der Waals surface area contributed by atoms with Crippen molar-refractivity contribution in [3.05, 3.63) is 53.2 Å². The number of anilines is 1. The number of hydrogen-bond donors (Lipinski definition) is 1. The molecule has 1 N–H and O–H groups in total. The molecular formula is C17H11ClN2O4S2. The van der Waals surface area contributed by atoms with Gasteiger partial charge in [0.1, 0.15) is 5.58 Å². The molecule has 2 aromatic carbocycles. The second-order valence-corrected chi connectivity index (χ2v) is 9.15. The van der Waals surface area contributed by atoms with Gasteiger partial charge in [0.05, 0.1) is 15.1 Å². The molecule has 0 aliphatic rings. The summed E-state index contributed by atoms with van der Waals surface area (Å²) in [6.45, 7) is 0. The minimum absolute atomic E-state index is 0.137. The first-order chi connectivity index (χ1) is 12.3. The Bertz CT molecular complexity index is 1270. The number of nitrogens with zero attached hydrogens (tertiary/aromatic N) is 1. The predicted molar refractivity (Wildman–Crippen MR) is 102 cm³/mol. The van der Waals surface area contributed by atoms with Crippen LogP contribution < -0.4 is 5.32 Å². The molecule has 0 atom stereocenters. The Morgan fingerprint density at radius 1 is 1.19 bits per heavy atom. The molecule has 4 aromatic rings. The third-order valence-electron chi connectivity index (χ3n) is 3.71. The Hall–Kier alpha value is -2.42. The van der Waals surface area contributed by atoms with Crippen LogP contribution in [0.2, 0.25) is 5.02 Å². The quantitative estimate of drug-likeness (QED) is 0.546. The van der Waals surface area contributed by atoms with E-state index in [2.05, 4.69) is 10.3 Å². The van der Waals surface area contributed by atoms with Crippen LogP contribution >= 0.6 is 22.9 Å². The highest BCUT2D eigenvalue weighted by atomic mass is 35.5. The van der Waals surface area contributed by atoms with Gasteiger partial charge in [-0.15, -0.1) is 0 Å². The molecule has 6 nitrogen and oxygen atoms in total. The normalized spacial score (nSPS) is 11.9. The number of thiazole rings is 1. The highest BCUT2D eigenvalue weighted by molar-refractivity contribution is 7.90. The third kappa shape index (κ3) is 3.18. The van der Waals surface area contributed by atoms with E-state index in [9.17, 15) is 13.2 Å². The first-order valence-electron chi connectivity index (χ1n) is 7.41. The van der Waals surface area contributed by atoms with Crippen LogP contribution in [0.15, 0.2) is 51.8 Å². The number of rotatable bonds is 3. The number of halogens is 1. The maximum atomic E-state index is 12.4. The van der Waals surface area contributed by atoms with Crippen molar-refractivity contribution in [2.75, 3.05) is 11.6 Å². The molecule has 0 aliphatic carbocycles. The molecule has 0 fully saturated rings. The molecule has 132 valence electrons. The van der Waals surface area contributed by atoms with Gasteiger partial charge in [0, 0.05) is 16.7 Å². The molecule has 0 spiro atoms. The number of sulfone groups is 1. The Morgan fingerprint density at radius 3 is 2.77 bits per heavy atom. The van der Waals surface area contributed by atoms with E-state index in [1.54, 1.807) is 36.4 Å². The van der Waals surface area contributed by atoms with Gasteiger partial charge in [0.2, 0.25) is 0 Å². The molecule has 9 heteroatoms. The zero-order valence-electron chi connectivity index (χ0n) is 13.3. The van der Waals surface area contributed by atoms with E-state index in [-0.39, 0.29) is 10.7 Å². The van der Waals surface area contributed by atoms with Gasteiger partial charge < -0.3 is 4.42 Å². The summed E-state index contributed by atoms with van der Waals surface area (Å²) in [7, 11) is -3.30. The van der Waals surface area contributed by atoms with Crippen molar-refractivity contribution in [1.29, 1.82) is 0 Å². The van der Waals surface area contributed by atoms with Crippen LogP contribution in [0, 0.1) is 0 Å². The summed E-state index contributed by atoms with van der Waals surface area (Å²) < 4.78 is 29.5. The van der Waals surface area contributed by atoms with Crippen molar-refractivity contribution in [2.24, 2.45) is 0 Å². The van der Waals surface area contributed by atoms with Gasteiger partial charge in [-0.1, -0.05) is 22.9 Å². The molecular weight excluding hydrogens is 396 g/mol. The summed E-state index contributed by atoms with van der Waals surface area (Å²) in [4.78, 5) is 16.9. The van der Waals surface area contributed by atoms with Crippen LogP contribution in [0.3, 0.4) is 0 Å². The van der Waals surface area contributed by atoms with Gasteiger partial charge in [-0.25, -0.2) is 13.4 Å². The van der Waals surface area contributed by atoms with Crippen molar-refractivity contribution in [3.63, 3.8) is 0 Å². The third-order valence-corrected chi connectivity index (χ3v) is 5.99. The molecule has 1 amide bonds. The number of carbonyl (C=O) groups excluding carboxylic acids is 1. The lowest BCUT2D eigenvalue weighted by atomic mass is 10.2. The number of amides is 1. The van der Waals surface area contributed by atoms with Crippen LogP contribution in [-0.4, -0.2) is 25.6 Å². The average Bonchev–Trinajstić information content (AvgIpc) is 3.15. The van der Waals surface area contributed by atoms with Gasteiger partial charge in [-0.05, 0) is 42.5 Å². The molecule has 4 rings (SSSR count). The van der Waals surface area contributed by atoms with Crippen molar-refractivity contribution in [3.8, 4) is 0 Å². The molecule has 0 saturated carbocycles. The Morgan fingerprint density at radius 2 is 2.00 bits per heavy atom.